The third-order valence-corrected chi connectivity index (χ3v) is 6.92. The fourth-order valence-electron chi connectivity index (χ4n) is 5.07. The molecule has 0 saturated carbocycles. The number of rotatable bonds is 6. The van der Waals surface area contributed by atoms with Crippen molar-refractivity contribution in [2.24, 2.45) is 0 Å². The smallest absolute Gasteiger partial charge is 0.335 e. The highest BCUT2D eigenvalue weighted by Crippen LogP contribution is 2.40. The highest BCUT2D eigenvalue weighted by molar-refractivity contribution is 5.89. The van der Waals surface area contributed by atoms with Gasteiger partial charge < -0.3 is 15.2 Å². The molecule has 4 nitrogen and oxygen atoms in total. The average molecular weight is 488 g/mol. The average Bonchev–Trinajstić information content (AvgIpc) is 2.86. The van der Waals surface area contributed by atoms with Crippen molar-refractivity contribution in [2.45, 2.75) is 38.3 Å². The van der Waals surface area contributed by atoms with Crippen LogP contribution in [-0.4, -0.2) is 23.7 Å². The maximum Gasteiger partial charge on any atom is 0.335 e. The molecule has 1 unspecified atom stereocenters. The Labute approximate surface area is 212 Å². The molecule has 5 heteroatoms. The first-order valence-electron chi connectivity index (χ1n) is 11.8. The molecule has 180 valence electrons. The Hall–Kier alpha value is -3.34. The number of para-hydroxylation sites is 1. The van der Waals surface area contributed by atoms with Gasteiger partial charge in [0.05, 0.1) is 5.56 Å². The van der Waals surface area contributed by atoms with Gasteiger partial charge in [0, 0.05) is 24.1 Å². The van der Waals surface area contributed by atoms with Gasteiger partial charge in [-0.05, 0) is 59.9 Å². The lowest BCUT2D eigenvalue weighted by atomic mass is 9.83. The zero-order valence-corrected chi connectivity index (χ0v) is 20.7. The predicted octanol–water partition coefficient (Wildman–Crippen LogP) is 6.90. The molecule has 0 spiro atoms. The number of nitrogens with one attached hydrogen (secondary N) is 1. The molecular weight excluding hydrogens is 458 g/mol. The van der Waals surface area contributed by atoms with Crippen LogP contribution in [0.5, 0.6) is 5.75 Å². The molecule has 0 aromatic heterocycles. The van der Waals surface area contributed by atoms with Crippen LogP contribution in [0.15, 0.2) is 84.9 Å². The van der Waals surface area contributed by atoms with Crippen LogP contribution in [0.2, 0.25) is 0 Å². The van der Waals surface area contributed by atoms with E-state index in [0.29, 0.717) is 12.1 Å². The summed E-state index contributed by atoms with van der Waals surface area (Å²) in [6.07, 6.45) is 0.765. The van der Waals surface area contributed by atoms with Gasteiger partial charge in [0.25, 0.3) is 0 Å². The summed E-state index contributed by atoms with van der Waals surface area (Å²) in [7, 11) is 0. The number of carboxylic acid groups (broad SMARTS) is 1. The van der Waals surface area contributed by atoms with E-state index in [0.717, 1.165) is 28.9 Å². The van der Waals surface area contributed by atoms with Gasteiger partial charge in [-0.15, -0.1) is 12.4 Å². The molecule has 0 aliphatic carbocycles. The van der Waals surface area contributed by atoms with Crippen LogP contribution >= 0.6 is 12.4 Å². The Morgan fingerprint density at radius 3 is 2.60 bits per heavy atom. The molecule has 3 atom stereocenters. The van der Waals surface area contributed by atoms with Gasteiger partial charge in [0.1, 0.15) is 11.9 Å². The van der Waals surface area contributed by atoms with E-state index in [2.05, 4.69) is 66.8 Å². The Bertz CT molecular complexity index is 1350. The molecule has 1 heterocycles. The highest BCUT2D eigenvalue weighted by atomic mass is 35.5. The van der Waals surface area contributed by atoms with Gasteiger partial charge in [-0.25, -0.2) is 4.79 Å². The number of aryl methyl sites for hydroxylation is 1. The van der Waals surface area contributed by atoms with Gasteiger partial charge in [-0.1, -0.05) is 72.8 Å². The molecule has 4 aromatic carbocycles. The van der Waals surface area contributed by atoms with Crippen LogP contribution in [0, 0.1) is 6.92 Å². The first kappa shape index (κ1) is 24.8. The molecule has 0 saturated heterocycles. The number of benzene rings is 4. The number of ether oxygens (including phenoxy) is 1. The number of halogens is 1. The Morgan fingerprint density at radius 2 is 1.77 bits per heavy atom. The van der Waals surface area contributed by atoms with Crippen LogP contribution in [0.1, 0.15) is 57.9 Å². The molecular formula is C30H30ClNO3. The Kier molecular flexibility index (Phi) is 7.44. The molecule has 0 bridgehead atoms. The van der Waals surface area contributed by atoms with E-state index in [1.807, 2.05) is 37.3 Å². The third kappa shape index (κ3) is 5.04. The van der Waals surface area contributed by atoms with Gasteiger partial charge >= 0.3 is 5.97 Å². The Balaban J connectivity index is 0.00000289. The summed E-state index contributed by atoms with van der Waals surface area (Å²) in [5.74, 6) is 0.0750. The quantitative estimate of drug-likeness (QED) is 0.310. The SMILES string of the molecule is Cc1ccc([C@@H]2C[C@H](CNC(C)c3cccc4ccccc34)Oc3ccccc32)cc1C(=O)O.Cl. The van der Waals surface area contributed by atoms with Gasteiger partial charge in [0.2, 0.25) is 0 Å². The van der Waals surface area contributed by atoms with Crippen LogP contribution in [0.25, 0.3) is 10.8 Å². The van der Waals surface area contributed by atoms with Crippen molar-refractivity contribution in [3.05, 3.63) is 113 Å². The lowest BCUT2D eigenvalue weighted by Gasteiger charge is -2.33. The van der Waals surface area contributed by atoms with Crippen molar-refractivity contribution in [2.75, 3.05) is 6.54 Å². The van der Waals surface area contributed by atoms with Crippen molar-refractivity contribution in [3.63, 3.8) is 0 Å². The standard InChI is InChI=1S/C30H29NO3.ClH/c1-19-14-15-22(16-27(19)30(32)33)28-17-23(34-29-13-6-5-11-26(28)29)18-31-20(2)24-12-7-9-21-8-3-4-10-25(21)24;/h3-16,20,23,28,31H,17-18H2,1-2H3,(H,32,33);1H/t20?,23-,28+;/m1./s1. The van der Waals surface area contributed by atoms with Gasteiger partial charge in [-0.2, -0.15) is 0 Å². The van der Waals surface area contributed by atoms with Crippen LogP contribution in [0.3, 0.4) is 0 Å². The third-order valence-electron chi connectivity index (χ3n) is 6.92. The van der Waals surface area contributed by atoms with E-state index in [-0.39, 0.29) is 30.5 Å². The summed E-state index contributed by atoms with van der Waals surface area (Å²) in [6.45, 7) is 4.73. The molecule has 0 radical (unpaired) electrons. The minimum absolute atomic E-state index is 0. The predicted molar refractivity (Wildman–Crippen MR) is 143 cm³/mol. The zero-order valence-electron chi connectivity index (χ0n) is 19.9. The number of carboxylic acids is 1. The van der Waals surface area contributed by atoms with Crippen LogP contribution < -0.4 is 10.1 Å². The summed E-state index contributed by atoms with van der Waals surface area (Å²) < 4.78 is 6.38. The monoisotopic (exact) mass is 487 g/mol. The maximum atomic E-state index is 11.7. The summed E-state index contributed by atoms with van der Waals surface area (Å²) >= 11 is 0. The second-order valence-electron chi connectivity index (χ2n) is 9.14. The van der Waals surface area contributed by atoms with Crippen molar-refractivity contribution in [1.29, 1.82) is 0 Å². The molecule has 0 amide bonds. The summed E-state index contributed by atoms with van der Waals surface area (Å²) in [4.78, 5) is 11.7. The van der Waals surface area contributed by atoms with Gasteiger partial charge in [0.15, 0.2) is 0 Å². The lowest BCUT2D eigenvalue weighted by Crippen LogP contribution is -2.37. The normalized spacial score (nSPS) is 17.7. The topological polar surface area (TPSA) is 58.6 Å². The molecule has 1 aliphatic rings. The van der Waals surface area contributed by atoms with E-state index >= 15 is 0 Å². The Morgan fingerprint density at radius 1 is 1.03 bits per heavy atom. The van der Waals surface area contributed by atoms with Crippen molar-refractivity contribution < 1.29 is 14.6 Å². The van der Waals surface area contributed by atoms with E-state index < -0.39 is 5.97 Å². The number of aromatic carboxylic acids is 1. The summed E-state index contributed by atoms with van der Waals surface area (Å²) in [5.41, 5.74) is 4.54. The zero-order chi connectivity index (χ0) is 23.7. The van der Waals surface area contributed by atoms with Crippen LogP contribution in [-0.2, 0) is 0 Å². The number of carbonyl (C=O) groups is 1. The van der Waals surface area contributed by atoms with E-state index in [1.54, 1.807) is 0 Å². The van der Waals surface area contributed by atoms with Crippen molar-refractivity contribution in [3.8, 4) is 5.75 Å². The molecule has 35 heavy (non-hydrogen) atoms. The second-order valence-corrected chi connectivity index (χ2v) is 9.14. The lowest BCUT2D eigenvalue weighted by molar-refractivity contribution is 0.0696. The number of hydrogen-bond acceptors (Lipinski definition) is 3. The molecule has 5 rings (SSSR count). The maximum absolute atomic E-state index is 11.7. The number of hydrogen-bond donors (Lipinski definition) is 2. The highest BCUT2D eigenvalue weighted by Gasteiger charge is 2.30. The largest absolute Gasteiger partial charge is 0.489 e. The van der Waals surface area contributed by atoms with E-state index in [9.17, 15) is 9.90 Å². The molecule has 1 aliphatic heterocycles. The first-order valence-corrected chi connectivity index (χ1v) is 11.8. The van der Waals surface area contributed by atoms with Gasteiger partial charge in [-0.3, -0.25) is 0 Å². The van der Waals surface area contributed by atoms with E-state index in [1.165, 1.54) is 16.3 Å². The summed E-state index contributed by atoms with van der Waals surface area (Å²) in [6, 6.07) is 29.0. The fraction of sp³-hybridized carbons (Fsp3) is 0.233. The summed E-state index contributed by atoms with van der Waals surface area (Å²) in [5, 5.41) is 15.8. The second kappa shape index (κ2) is 10.5. The van der Waals surface area contributed by atoms with E-state index in [4.69, 9.17) is 4.74 Å². The van der Waals surface area contributed by atoms with Crippen molar-refractivity contribution in [1.82, 2.24) is 5.32 Å². The van der Waals surface area contributed by atoms with Crippen molar-refractivity contribution >= 4 is 29.1 Å². The molecule has 4 aromatic rings. The minimum atomic E-state index is -0.887. The number of fused-ring (bicyclic) bond motifs is 2. The molecule has 0 fully saturated rings. The minimum Gasteiger partial charge on any atom is -0.489 e. The molecule has 2 N–H and O–H groups in total. The first-order chi connectivity index (χ1) is 16.5. The van der Waals surface area contributed by atoms with Crippen LogP contribution in [0.4, 0.5) is 0 Å². The fourth-order valence-corrected chi connectivity index (χ4v) is 5.07.